The van der Waals surface area contributed by atoms with Crippen LogP contribution in [0.2, 0.25) is 0 Å². The molecule has 3 nitrogen and oxygen atoms in total. The van der Waals surface area contributed by atoms with Gasteiger partial charge in [-0.25, -0.2) is 0 Å². The normalized spacial score (nSPS) is 12.5. The standard InChI is InChI=1S/C18H27N3/c1-8-21-16(7)17(15(6)20-21)14(5)19-18-12(3)9-11(2)10-13(18)4/h9-10,14,19H,8H2,1-7H3. The Labute approximate surface area is 128 Å². The summed E-state index contributed by atoms with van der Waals surface area (Å²) < 4.78 is 2.08. The van der Waals surface area contributed by atoms with Gasteiger partial charge in [0.25, 0.3) is 0 Å². The summed E-state index contributed by atoms with van der Waals surface area (Å²) in [4.78, 5) is 0. The molecule has 3 heteroatoms. The summed E-state index contributed by atoms with van der Waals surface area (Å²) >= 11 is 0. The zero-order valence-electron chi connectivity index (χ0n) is 14.3. The number of nitrogens with zero attached hydrogens (tertiary/aromatic N) is 2. The zero-order chi connectivity index (χ0) is 15.7. The van der Waals surface area contributed by atoms with Crippen LogP contribution in [0.4, 0.5) is 5.69 Å². The molecule has 0 saturated heterocycles. The number of hydrogen-bond donors (Lipinski definition) is 1. The SMILES string of the molecule is CCn1nc(C)c(C(C)Nc2c(C)cc(C)cc2C)c1C. The Morgan fingerprint density at radius 1 is 1.10 bits per heavy atom. The average Bonchev–Trinajstić information content (AvgIpc) is 2.68. The maximum absolute atomic E-state index is 4.63. The maximum atomic E-state index is 4.63. The van der Waals surface area contributed by atoms with Gasteiger partial charge in [-0.05, 0) is 59.6 Å². The van der Waals surface area contributed by atoms with Crippen LogP contribution in [0.3, 0.4) is 0 Å². The Bertz CT molecular complexity index is 630. The lowest BCUT2D eigenvalue weighted by molar-refractivity contribution is 0.632. The van der Waals surface area contributed by atoms with Crippen LogP contribution >= 0.6 is 0 Å². The molecule has 1 aromatic heterocycles. The molecule has 21 heavy (non-hydrogen) atoms. The molecule has 114 valence electrons. The summed E-state index contributed by atoms with van der Waals surface area (Å²) in [5.41, 5.74) is 8.87. The molecule has 0 aliphatic carbocycles. The van der Waals surface area contributed by atoms with E-state index in [-0.39, 0.29) is 6.04 Å². The van der Waals surface area contributed by atoms with Crippen molar-refractivity contribution in [3.8, 4) is 0 Å². The highest BCUT2D eigenvalue weighted by Crippen LogP contribution is 2.29. The van der Waals surface area contributed by atoms with Crippen LogP contribution in [0, 0.1) is 34.6 Å². The quantitative estimate of drug-likeness (QED) is 0.888. The largest absolute Gasteiger partial charge is 0.378 e. The van der Waals surface area contributed by atoms with Crippen molar-refractivity contribution in [3.63, 3.8) is 0 Å². The van der Waals surface area contributed by atoms with E-state index in [0.717, 1.165) is 12.2 Å². The minimum absolute atomic E-state index is 0.255. The second kappa shape index (κ2) is 5.92. The van der Waals surface area contributed by atoms with Crippen LogP contribution in [0.5, 0.6) is 0 Å². The molecule has 0 amide bonds. The summed E-state index contributed by atoms with van der Waals surface area (Å²) in [7, 11) is 0. The highest BCUT2D eigenvalue weighted by Gasteiger charge is 2.18. The zero-order valence-corrected chi connectivity index (χ0v) is 14.3. The smallest absolute Gasteiger partial charge is 0.0649 e. The minimum Gasteiger partial charge on any atom is -0.378 e. The van der Waals surface area contributed by atoms with Gasteiger partial charge in [0.2, 0.25) is 0 Å². The third-order valence-electron chi connectivity index (χ3n) is 4.21. The molecule has 2 rings (SSSR count). The molecule has 0 aliphatic rings. The van der Waals surface area contributed by atoms with E-state index in [0.29, 0.717) is 0 Å². The molecule has 2 aromatic rings. The predicted octanol–water partition coefficient (Wildman–Crippen LogP) is 4.62. The van der Waals surface area contributed by atoms with E-state index in [2.05, 4.69) is 75.7 Å². The van der Waals surface area contributed by atoms with Crippen molar-refractivity contribution in [3.05, 3.63) is 45.8 Å². The summed E-state index contributed by atoms with van der Waals surface area (Å²) in [5, 5.41) is 8.31. The van der Waals surface area contributed by atoms with Gasteiger partial charge in [-0.1, -0.05) is 17.7 Å². The Hall–Kier alpha value is -1.77. The summed E-state index contributed by atoms with van der Waals surface area (Å²) in [6.45, 7) is 16.0. The van der Waals surface area contributed by atoms with Gasteiger partial charge < -0.3 is 5.32 Å². The van der Waals surface area contributed by atoms with Gasteiger partial charge in [0.1, 0.15) is 0 Å². The van der Waals surface area contributed by atoms with Crippen molar-refractivity contribution in [1.82, 2.24) is 9.78 Å². The number of aryl methyl sites for hydroxylation is 5. The summed E-state index contributed by atoms with van der Waals surface area (Å²) in [6, 6.07) is 4.72. The molecule has 0 bridgehead atoms. The number of hydrogen-bond acceptors (Lipinski definition) is 2. The Balaban J connectivity index is 2.35. The molecular weight excluding hydrogens is 258 g/mol. The fraction of sp³-hybridized carbons (Fsp3) is 0.500. The van der Waals surface area contributed by atoms with Gasteiger partial charge in [-0.3, -0.25) is 4.68 Å². The fourth-order valence-corrected chi connectivity index (χ4v) is 3.34. The van der Waals surface area contributed by atoms with Crippen molar-refractivity contribution in [2.24, 2.45) is 0 Å². The monoisotopic (exact) mass is 285 g/mol. The van der Waals surface area contributed by atoms with Crippen LogP contribution in [0.1, 0.15) is 53.5 Å². The molecule has 0 fully saturated rings. The van der Waals surface area contributed by atoms with Crippen molar-refractivity contribution in [2.75, 3.05) is 5.32 Å². The molecule has 1 heterocycles. The van der Waals surface area contributed by atoms with Crippen LogP contribution in [-0.2, 0) is 6.54 Å². The van der Waals surface area contributed by atoms with Crippen molar-refractivity contribution < 1.29 is 0 Å². The molecule has 1 atom stereocenters. The Morgan fingerprint density at radius 3 is 2.14 bits per heavy atom. The minimum atomic E-state index is 0.255. The van der Waals surface area contributed by atoms with Crippen LogP contribution in [-0.4, -0.2) is 9.78 Å². The summed E-state index contributed by atoms with van der Waals surface area (Å²) in [5.74, 6) is 0. The average molecular weight is 285 g/mol. The lowest BCUT2D eigenvalue weighted by Gasteiger charge is -2.20. The van der Waals surface area contributed by atoms with E-state index >= 15 is 0 Å². The third kappa shape index (κ3) is 2.97. The number of anilines is 1. The lowest BCUT2D eigenvalue weighted by Crippen LogP contribution is -2.11. The Kier molecular flexibility index (Phi) is 4.40. The first kappa shape index (κ1) is 15.6. The first-order valence-electron chi connectivity index (χ1n) is 7.73. The van der Waals surface area contributed by atoms with Crippen molar-refractivity contribution >= 4 is 5.69 Å². The van der Waals surface area contributed by atoms with E-state index in [4.69, 9.17) is 0 Å². The first-order chi connectivity index (χ1) is 9.85. The van der Waals surface area contributed by atoms with Crippen LogP contribution in [0.25, 0.3) is 0 Å². The van der Waals surface area contributed by atoms with Gasteiger partial charge in [-0.15, -0.1) is 0 Å². The molecule has 0 aliphatic heterocycles. The predicted molar refractivity (Wildman–Crippen MR) is 90.1 cm³/mol. The lowest BCUT2D eigenvalue weighted by atomic mass is 10.0. The molecule has 0 radical (unpaired) electrons. The highest BCUT2D eigenvalue weighted by molar-refractivity contribution is 5.59. The Morgan fingerprint density at radius 2 is 1.67 bits per heavy atom. The second-order valence-corrected chi connectivity index (χ2v) is 6.04. The molecule has 1 aromatic carbocycles. The van der Waals surface area contributed by atoms with Gasteiger partial charge in [0.15, 0.2) is 0 Å². The molecule has 1 unspecified atom stereocenters. The number of rotatable bonds is 4. The maximum Gasteiger partial charge on any atom is 0.0649 e. The van der Waals surface area contributed by atoms with E-state index in [1.165, 1.54) is 33.6 Å². The van der Waals surface area contributed by atoms with E-state index in [1.807, 2.05) is 0 Å². The van der Waals surface area contributed by atoms with Gasteiger partial charge >= 0.3 is 0 Å². The van der Waals surface area contributed by atoms with Gasteiger partial charge in [0, 0.05) is 23.5 Å². The van der Waals surface area contributed by atoms with Gasteiger partial charge in [-0.2, -0.15) is 5.10 Å². The first-order valence-corrected chi connectivity index (χ1v) is 7.73. The fourth-order valence-electron chi connectivity index (χ4n) is 3.34. The topological polar surface area (TPSA) is 29.9 Å². The number of aromatic nitrogens is 2. The molecule has 1 N–H and O–H groups in total. The molecule has 0 saturated carbocycles. The number of benzene rings is 1. The second-order valence-electron chi connectivity index (χ2n) is 6.04. The van der Waals surface area contributed by atoms with E-state index in [9.17, 15) is 0 Å². The third-order valence-corrected chi connectivity index (χ3v) is 4.21. The van der Waals surface area contributed by atoms with E-state index in [1.54, 1.807) is 0 Å². The summed E-state index contributed by atoms with van der Waals surface area (Å²) in [6.07, 6.45) is 0. The molecule has 0 spiro atoms. The molecular formula is C18H27N3. The van der Waals surface area contributed by atoms with Crippen molar-refractivity contribution in [2.45, 2.75) is 61.1 Å². The van der Waals surface area contributed by atoms with Crippen molar-refractivity contribution in [1.29, 1.82) is 0 Å². The number of nitrogens with one attached hydrogen (secondary N) is 1. The van der Waals surface area contributed by atoms with Crippen LogP contribution in [0.15, 0.2) is 12.1 Å². The van der Waals surface area contributed by atoms with Gasteiger partial charge in [0.05, 0.1) is 11.7 Å². The highest BCUT2D eigenvalue weighted by atomic mass is 15.3. The van der Waals surface area contributed by atoms with Crippen LogP contribution < -0.4 is 5.32 Å². The van der Waals surface area contributed by atoms with E-state index < -0.39 is 0 Å².